The van der Waals surface area contributed by atoms with E-state index in [0.717, 1.165) is 3.57 Å². The third kappa shape index (κ3) is 8.57. The van der Waals surface area contributed by atoms with Gasteiger partial charge in [0.1, 0.15) is 29.0 Å². The molecule has 0 unspecified atom stereocenters. The van der Waals surface area contributed by atoms with E-state index < -0.39 is 43.8 Å². The number of aromatic nitrogens is 1. The van der Waals surface area contributed by atoms with Crippen molar-refractivity contribution in [3.63, 3.8) is 0 Å². The van der Waals surface area contributed by atoms with Gasteiger partial charge in [-0.25, -0.2) is 4.39 Å². The quantitative estimate of drug-likeness (QED) is 0.0520. The van der Waals surface area contributed by atoms with E-state index >= 15 is 0 Å². The average Bonchev–Trinajstić information content (AvgIpc) is 3.93. The number of benzene rings is 3. The second-order valence-corrected chi connectivity index (χ2v) is 13.7. The van der Waals surface area contributed by atoms with Gasteiger partial charge in [-0.2, -0.15) is 0 Å². The molecule has 14 heteroatoms. The van der Waals surface area contributed by atoms with Crippen LogP contribution in [0.1, 0.15) is 32.6 Å². The predicted octanol–water partition coefficient (Wildman–Crippen LogP) is 7.36. The van der Waals surface area contributed by atoms with E-state index in [1.54, 1.807) is 48.4 Å². The van der Waals surface area contributed by atoms with Gasteiger partial charge in [-0.05, 0) is 73.9 Å². The van der Waals surface area contributed by atoms with Crippen molar-refractivity contribution in [1.82, 2.24) is 9.88 Å². The number of pyridine rings is 1. The molecule has 0 radical (unpaired) electrons. The minimum absolute atomic E-state index is 0.0671. The van der Waals surface area contributed by atoms with Gasteiger partial charge in [0.15, 0.2) is 20.0 Å². The summed E-state index contributed by atoms with van der Waals surface area (Å²) >= 11 is -0.736. The van der Waals surface area contributed by atoms with Crippen LogP contribution in [0.3, 0.4) is 0 Å². The lowest BCUT2D eigenvalue weighted by molar-refractivity contribution is -0.131. The molecule has 1 aliphatic rings. The minimum atomic E-state index is -1.19. The molecule has 49 heavy (non-hydrogen) atoms. The maximum Gasteiger partial charge on any atom is 0.240 e. The SMILES string of the molecule is C=Ic1cc(NC(=O)C2(C(=O)Nc3ccc(F)cc3)CC2)ccc1Oc1ccnc2cc(OCCCN(CP=O)C(=O)CC)c(OC)cc12. The molecule has 0 atom stereocenters. The van der Waals surface area contributed by atoms with E-state index in [1.165, 1.54) is 31.4 Å². The van der Waals surface area contributed by atoms with Crippen LogP contribution in [0.2, 0.25) is 0 Å². The van der Waals surface area contributed by atoms with Gasteiger partial charge in [0.05, 0.1) is 22.8 Å². The largest absolute Gasteiger partial charge is 0.493 e. The summed E-state index contributed by atoms with van der Waals surface area (Å²) in [4.78, 5) is 44.3. The molecule has 1 heterocycles. The number of anilines is 2. The first-order valence-corrected chi connectivity index (χ1v) is 19.1. The summed E-state index contributed by atoms with van der Waals surface area (Å²) in [7, 11) is 1.43. The van der Waals surface area contributed by atoms with E-state index in [-0.39, 0.29) is 20.7 Å². The van der Waals surface area contributed by atoms with Crippen LogP contribution in [0.25, 0.3) is 10.9 Å². The van der Waals surface area contributed by atoms with Gasteiger partial charge < -0.3 is 29.7 Å². The number of hydrogen-bond donors (Lipinski definition) is 2. The lowest BCUT2D eigenvalue weighted by Crippen LogP contribution is -2.35. The van der Waals surface area contributed by atoms with Gasteiger partial charge in [0.2, 0.25) is 17.7 Å². The molecule has 1 saturated carbocycles. The number of carbonyl (C=O) groups is 3. The monoisotopic (exact) mass is 800 g/mol. The van der Waals surface area contributed by atoms with E-state index in [9.17, 15) is 23.3 Å². The van der Waals surface area contributed by atoms with Crippen molar-refractivity contribution in [3.05, 3.63) is 76.2 Å². The highest BCUT2D eigenvalue weighted by atomic mass is 127. The maximum absolute atomic E-state index is 13.3. The number of methoxy groups -OCH3 is 1. The second kappa shape index (κ2) is 16.3. The molecule has 0 saturated heterocycles. The van der Waals surface area contributed by atoms with Crippen LogP contribution in [-0.2, 0) is 18.9 Å². The first-order valence-electron chi connectivity index (χ1n) is 15.5. The van der Waals surface area contributed by atoms with Crippen LogP contribution < -0.4 is 24.8 Å². The lowest BCUT2D eigenvalue weighted by atomic mass is 10.0. The molecule has 2 N–H and O–H groups in total. The number of amides is 3. The number of rotatable bonds is 16. The topological polar surface area (TPSA) is 136 Å². The minimum Gasteiger partial charge on any atom is -0.493 e. The van der Waals surface area contributed by atoms with Crippen molar-refractivity contribution in [2.45, 2.75) is 32.6 Å². The molecule has 256 valence electrons. The number of halogens is 2. The third-order valence-corrected chi connectivity index (χ3v) is 10.1. The molecule has 0 aliphatic heterocycles. The predicted molar refractivity (Wildman–Crippen MR) is 195 cm³/mol. The molecule has 3 aromatic carbocycles. The number of ether oxygens (including phenoxy) is 3. The van der Waals surface area contributed by atoms with Crippen molar-refractivity contribution in [3.8, 4) is 23.0 Å². The van der Waals surface area contributed by atoms with Crippen molar-refractivity contribution in [2.24, 2.45) is 5.41 Å². The van der Waals surface area contributed by atoms with Crippen molar-refractivity contribution < 1.29 is 37.5 Å². The molecule has 5 rings (SSSR count). The molecule has 3 amide bonds. The fourth-order valence-corrected chi connectivity index (χ4v) is 6.76. The zero-order valence-electron chi connectivity index (χ0n) is 27.0. The van der Waals surface area contributed by atoms with Crippen LogP contribution >= 0.6 is 29.2 Å². The Morgan fingerprint density at radius 3 is 2.35 bits per heavy atom. The van der Waals surface area contributed by atoms with Crippen molar-refractivity contribution >= 4 is 73.7 Å². The first kappa shape index (κ1) is 35.8. The molecule has 0 spiro atoms. The zero-order chi connectivity index (χ0) is 35.0. The average molecular weight is 801 g/mol. The Morgan fingerprint density at radius 2 is 1.69 bits per heavy atom. The van der Waals surface area contributed by atoms with Gasteiger partial charge >= 0.3 is 0 Å². The van der Waals surface area contributed by atoms with Crippen LogP contribution in [0.5, 0.6) is 23.0 Å². The molecule has 1 fully saturated rings. The van der Waals surface area contributed by atoms with Crippen LogP contribution in [0.15, 0.2) is 66.9 Å². The Hall–Kier alpha value is -4.49. The van der Waals surface area contributed by atoms with Gasteiger partial charge in [-0.3, -0.25) is 23.9 Å². The van der Waals surface area contributed by atoms with Crippen molar-refractivity contribution in [1.29, 1.82) is 0 Å². The zero-order valence-corrected chi connectivity index (χ0v) is 30.0. The van der Waals surface area contributed by atoms with Crippen LogP contribution in [0.4, 0.5) is 15.8 Å². The fraction of sp³-hybridized carbons (Fsp3) is 0.286. The molecular weight excluding hydrogens is 765 g/mol. The fourth-order valence-electron chi connectivity index (χ4n) is 5.10. The Bertz CT molecular complexity index is 1890. The summed E-state index contributed by atoms with van der Waals surface area (Å²) in [5.74, 6) is 0.748. The summed E-state index contributed by atoms with van der Waals surface area (Å²) in [5.41, 5.74) is 0.369. The van der Waals surface area contributed by atoms with Crippen LogP contribution in [-0.4, -0.2) is 58.7 Å². The summed E-state index contributed by atoms with van der Waals surface area (Å²) in [6.45, 7) is 2.49. The molecule has 11 nitrogen and oxygen atoms in total. The van der Waals surface area contributed by atoms with E-state index in [4.69, 9.17) is 14.2 Å². The lowest BCUT2D eigenvalue weighted by Gasteiger charge is -2.19. The summed E-state index contributed by atoms with van der Waals surface area (Å²) in [5, 5.41) is 6.28. The van der Waals surface area contributed by atoms with E-state index in [1.807, 2.05) is 6.07 Å². The molecule has 1 aromatic heterocycles. The maximum atomic E-state index is 13.3. The highest BCUT2D eigenvalue weighted by Crippen LogP contribution is 2.48. The van der Waals surface area contributed by atoms with Crippen molar-refractivity contribution in [2.75, 3.05) is 37.2 Å². The van der Waals surface area contributed by atoms with Gasteiger partial charge in [0.25, 0.3) is 0 Å². The Balaban J connectivity index is 1.27. The first-order chi connectivity index (χ1) is 23.7. The Kier molecular flexibility index (Phi) is 11.9. The number of nitrogens with one attached hydrogen (secondary N) is 2. The number of fused-ring (bicyclic) bond motifs is 1. The number of carbonyl (C=O) groups excluding carboxylic acids is 3. The van der Waals surface area contributed by atoms with Gasteiger partial charge in [0, 0.05) is 42.0 Å². The third-order valence-electron chi connectivity index (χ3n) is 7.98. The normalized spacial score (nSPS) is 13.0. The summed E-state index contributed by atoms with van der Waals surface area (Å²) < 4.78 is 47.2. The second-order valence-electron chi connectivity index (χ2n) is 11.2. The standard InChI is InChI=1S/C35H35FIN4O7P/c1-4-32(42)41(21-49-45)16-5-17-47-31-20-27-25(19-30(31)46-3)28(12-15-38-27)48-29-11-10-24(18-26(29)37-2)40-34(44)35(13-14-35)33(43)39-23-8-6-22(36)7-9-23/h6-12,15,18-20H,2,4-5,13-14,16-17,21H2,1,3H3,(H,39,43)(H,40,44). The molecule has 0 bridgehead atoms. The van der Waals surface area contributed by atoms with Gasteiger partial charge in [-0.15, -0.1) is 0 Å². The summed E-state index contributed by atoms with van der Waals surface area (Å²) in [6.07, 6.45) is 3.47. The summed E-state index contributed by atoms with van der Waals surface area (Å²) in [6, 6.07) is 16.0. The Morgan fingerprint density at radius 1 is 0.980 bits per heavy atom. The van der Waals surface area contributed by atoms with E-state index in [0.29, 0.717) is 84.1 Å². The smallest absolute Gasteiger partial charge is 0.240 e. The molecule has 1 aliphatic carbocycles. The highest BCUT2D eigenvalue weighted by molar-refractivity contribution is 14.2. The van der Waals surface area contributed by atoms with Crippen LogP contribution in [0, 0.1) is 14.8 Å². The Labute approximate surface area is 294 Å². The molecule has 4 aromatic rings. The number of hydrogen-bond acceptors (Lipinski definition) is 8. The van der Waals surface area contributed by atoms with E-state index in [2.05, 4.69) is 20.1 Å². The number of nitrogens with zero attached hydrogens (tertiary/aromatic N) is 2. The van der Waals surface area contributed by atoms with Gasteiger partial charge in [-0.1, -0.05) is 32.2 Å². The highest BCUT2D eigenvalue weighted by Gasteiger charge is 2.56. The molecular formula is C35H35FIN4O7P.